The van der Waals surface area contributed by atoms with Crippen molar-refractivity contribution < 1.29 is 9.53 Å². The minimum Gasteiger partial charge on any atom is -0.497 e. The summed E-state index contributed by atoms with van der Waals surface area (Å²) in [6.07, 6.45) is 0. The van der Waals surface area contributed by atoms with Crippen molar-refractivity contribution in [2.45, 2.75) is 26.4 Å². The number of aromatic nitrogens is 1. The molecule has 2 heterocycles. The number of benzene rings is 2. The number of pyridine rings is 1. The number of ether oxygens (including phenoxy) is 1. The number of nitrogens with zero attached hydrogens (tertiary/aromatic N) is 2. The lowest BCUT2D eigenvalue weighted by Crippen LogP contribution is -2.53. The molecule has 1 aliphatic rings. The average Bonchev–Trinajstić information content (AvgIpc) is 2.71. The predicted molar refractivity (Wildman–Crippen MR) is 111 cm³/mol. The number of fused-ring (bicyclic) bond motifs is 1. The third-order valence-corrected chi connectivity index (χ3v) is 5.41. The minimum atomic E-state index is -0.147. The summed E-state index contributed by atoms with van der Waals surface area (Å²) in [5.41, 5.74) is 5.31. The lowest BCUT2D eigenvalue weighted by Gasteiger charge is -2.33. The van der Waals surface area contributed by atoms with Crippen molar-refractivity contribution in [2.24, 2.45) is 0 Å². The smallest absolute Gasteiger partial charge is 0.237 e. The maximum absolute atomic E-state index is 12.1. The Morgan fingerprint density at radius 1 is 1.18 bits per heavy atom. The Bertz CT molecular complexity index is 1010. The Morgan fingerprint density at radius 2 is 1.96 bits per heavy atom. The van der Waals surface area contributed by atoms with E-state index < -0.39 is 0 Å². The van der Waals surface area contributed by atoms with Gasteiger partial charge in [-0.1, -0.05) is 12.1 Å². The van der Waals surface area contributed by atoms with Crippen LogP contribution in [-0.2, 0) is 11.3 Å². The molecule has 3 aromatic rings. The van der Waals surface area contributed by atoms with Crippen LogP contribution in [0.2, 0.25) is 0 Å². The van der Waals surface area contributed by atoms with Gasteiger partial charge >= 0.3 is 0 Å². The normalized spacial score (nSPS) is 17.5. The van der Waals surface area contributed by atoms with E-state index in [-0.39, 0.29) is 11.9 Å². The zero-order chi connectivity index (χ0) is 19.7. The van der Waals surface area contributed by atoms with Crippen LogP contribution in [0.5, 0.6) is 5.75 Å². The Kier molecular flexibility index (Phi) is 5.01. The second kappa shape index (κ2) is 7.60. The SMILES string of the molecule is COc1ccc(-c2nc3cc(C)ccc3cc2CN2CCNC(=O)[C@@H]2C)cc1. The predicted octanol–water partition coefficient (Wildman–Crippen LogP) is 3.54. The fourth-order valence-electron chi connectivity index (χ4n) is 3.70. The van der Waals surface area contributed by atoms with Crippen molar-refractivity contribution in [2.75, 3.05) is 20.2 Å². The van der Waals surface area contributed by atoms with E-state index in [4.69, 9.17) is 9.72 Å². The van der Waals surface area contributed by atoms with Crippen LogP contribution in [0.4, 0.5) is 0 Å². The Balaban J connectivity index is 1.80. The highest BCUT2D eigenvalue weighted by Gasteiger charge is 2.26. The van der Waals surface area contributed by atoms with Crippen LogP contribution >= 0.6 is 0 Å². The standard InChI is InChI=1S/C23H25N3O2/c1-15-4-5-18-13-19(14-26-11-10-24-23(27)16(26)2)22(25-21(18)12-15)17-6-8-20(28-3)9-7-17/h4-9,12-13,16H,10-11,14H2,1-3H3,(H,24,27)/t16-/m0/s1. The van der Waals surface area contributed by atoms with Gasteiger partial charge in [-0.3, -0.25) is 9.69 Å². The van der Waals surface area contributed by atoms with Crippen molar-refractivity contribution >= 4 is 16.8 Å². The van der Waals surface area contributed by atoms with Crippen molar-refractivity contribution in [3.8, 4) is 17.0 Å². The van der Waals surface area contributed by atoms with Gasteiger partial charge in [0, 0.05) is 30.6 Å². The zero-order valence-electron chi connectivity index (χ0n) is 16.5. The molecule has 0 spiro atoms. The molecular formula is C23H25N3O2. The third-order valence-electron chi connectivity index (χ3n) is 5.41. The van der Waals surface area contributed by atoms with E-state index in [1.807, 2.05) is 31.2 Å². The van der Waals surface area contributed by atoms with Crippen LogP contribution in [0, 0.1) is 6.92 Å². The van der Waals surface area contributed by atoms with E-state index >= 15 is 0 Å². The molecule has 1 amide bonds. The first kappa shape index (κ1) is 18.4. The van der Waals surface area contributed by atoms with Gasteiger partial charge in [0.1, 0.15) is 5.75 Å². The fourth-order valence-corrected chi connectivity index (χ4v) is 3.70. The highest BCUT2D eigenvalue weighted by molar-refractivity contribution is 5.84. The van der Waals surface area contributed by atoms with Crippen molar-refractivity contribution in [3.05, 3.63) is 59.7 Å². The molecule has 1 aromatic heterocycles. The summed E-state index contributed by atoms with van der Waals surface area (Å²) in [5.74, 6) is 0.907. The number of hydrogen-bond donors (Lipinski definition) is 1. The highest BCUT2D eigenvalue weighted by atomic mass is 16.5. The quantitative estimate of drug-likeness (QED) is 0.758. The Labute approximate surface area is 165 Å². The molecule has 144 valence electrons. The van der Waals surface area contributed by atoms with Gasteiger partial charge in [-0.25, -0.2) is 4.98 Å². The number of amides is 1. The fraction of sp³-hybridized carbons (Fsp3) is 0.304. The summed E-state index contributed by atoms with van der Waals surface area (Å²) in [6.45, 7) is 6.24. The number of rotatable bonds is 4. The average molecular weight is 375 g/mol. The minimum absolute atomic E-state index is 0.0848. The van der Waals surface area contributed by atoms with Crippen LogP contribution in [0.1, 0.15) is 18.1 Å². The van der Waals surface area contributed by atoms with Crippen molar-refractivity contribution in [3.63, 3.8) is 0 Å². The first-order valence-corrected chi connectivity index (χ1v) is 9.61. The maximum Gasteiger partial charge on any atom is 0.237 e. The molecule has 1 saturated heterocycles. The second-order valence-electron chi connectivity index (χ2n) is 7.36. The van der Waals surface area contributed by atoms with Gasteiger partial charge in [0.05, 0.1) is 24.4 Å². The van der Waals surface area contributed by atoms with Gasteiger partial charge in [0.15, 0.2) is 0 Å². The summed E-state index contributed by atoms with van der Waals surface area (Å²) in [4.78, 5) is 19.3. The largest absolute Gasteiger partial charge is 0.497 e. The number of carbonyl (C=O) groups is 1. The van der Waals surface area contributed by atoms with E-state index in [9.17, 15) is 4.79 Å². The van der Waals surface area contributed by atoms with E-state index in [2.05, 4.69) is 41.4 Å². The van der Waals surface area contributed by atoms with Crippen molar-refractivity contribution in [1.82, 2.24) is 15.2 Å². The molecule has 2 aromatic carbocycles. The molecule has 1 fully saturated rings. The van der Waals surface area contributed by atoms with Gasteiger partial charge in [-0.05, 0) is 61.4 Å². The van der Waals surface area contributed by atoms with Crippen molar-refractivity contribution in [1.29, 1.82) is 0 Å². The van der Waals surface area contributed by atoms with Crippen LogP contribution in [-0.4, -0.2) is 42.0 Å². The number of piperazine rings is 1. The first-order valence-electron chi connectivity index (χ1n) is 9.61. The summed E-state index contributed by atoms with van der Waals surface area (Å²) in [6, 6.07) is 16.4. The van der Waals surface area contributed by atoms with Gasteiger partial charge in [-0.2, -0.15) is 0 Å². The molecular weight excluding hydrogens is 350 g/mol. The van der Waals surface area contributed by atoms with Crippen LogP contribution < -0.4 is 10.1 Å². The van der Waals surface area contributed by atoms with Gasteiger partial charge in [0.2, 0.25) is 5.91 Å². The Morgan fingerprint density at radius 3 is 2.71 bits per heavy atom. The van der Waals surface area contributed by atoms with Gasteiger partial charge < -0.3 is 10.1 Å². The molecule has 5 nitrogen and oxygen atoms in total. The highest BCUT2D eigenvalue weighted by Crippen LogP contribution is 2.29. The molecule has 5 heteroatoms. The molecule has 1 N–H and O–H groups in total. The molecule has 0 saturated carbocycles. The monoisotopic (exact) mass is 375 g/mol. The molecule has 0 bridgehead atoms. The maximum atomic E-state index is 12.1. The summed E-state index contributed by atoms with van der Waals surface area (Å²) in [7, 11) is 1.67. The topological polar surface area (TPSA) is 54.5 Å². The molecule has 1 aliphatic heterocycles. The van der Waals surface area contributed by atoms with E-state index in [1.165, 1.54) is 5.56 Å². The first-order chi connectivity index (χ1) is 13.5. The summed E-state index contributed by atoms with van der Waals surface area (Å²) >= 11 is 0. The molecule has 1 atom stereocenters. The number of nitrogens with one attached hydrogen (secondary N) is 1. The third kappa shape index (κ3) is 3.58. The number of hydrogen-bond acceptors (Lipinski definition) is 4. The van der Waals surface area contributed by atoms with Gasteiger partial charge in [0.25, 0.3) is 0 Å². The zero-order valence-corrected chi connectivity index (χ0v) is 16.5. The van der Waals surface area contributed by atoms with E-state index in [0.29, 0.717) is 13.1 Å². The molecule has 0 radical (unpaired) electrons. The van der Waals surface area contributed by atoms with Gasteiger partial charge in [-0.15, -0.1) is 0 Å². The number of carbonyl (C=O) groups excluding carboxylic acids is 1. The molecule has 0 unspecified atom stereocenters. The number of methoxy groups -OCH3 is 1. The molecule has 4 rings (SSSR count). The molecule has 0 aliphatic carbocycles. The second-order valence-corrected chi connectivity index (χ2v) is 7.36. The lowest BCUT2D eigenvalue weighted by molar-refractivity contribution is -0.128. The summed E-state index contributed by atoms with van der Waals surface area (Å²) < 4.78 is 5.30. The van der Waals surface area contributed by atoms with Crippen LogP contribution in [0.25, 0.3) is 22.2 Å². The Hall–Kier alpha value is -2.92. The van der Waals surface area contributed by atoms with Crippen LogP contribution in [0.15, 0.2) is 48.5 Å². The number of aryl methyl sites for hydroxylation is 1. The lowest BCUT2D eigenvalue weighted by atomic mass is 10.0. The van der Waals surface area contributed by atoms with E-state index in [0.717, 1.165) is 40.0 Å². The summed E-state index contributed by atoms with van der Waals surface area (Å²) in [5, 5.41) is 4.05. The van der Waals surface area contributed by atoms with Crippen LogP contribution in [0.3, 0.4) is 0 Å². The molecule has 28 heavy (non-hydrogen) atoms. The van der Waals surface area contributed by atoms with E-state index in [1.54, 1.807) is 7.11 Å².